The lowest BCUT2D eigenvalue weighted by molar-refractivity contribution is 0.0937. The molecule has 0 radical (unpaired) electrons. The minimum atomic E-state index is -0.288. The van der Waals surface area contributed by atoms with Crippen LogP contribution in [0.15, 0.2) is 18.2 Å². The van der Waals surface area contributed by atoms with E-state index in [0.717, 1.165) is 51.4 Å². The minimum Gasteiger partial charge on any atom is -0.494 e. The van der Waals surface area contributed by atoms with Crippen molar-refractivity contribution < 1.29 is 13.9 Å². The van der Waals surface area contributed by atoms with Crippen LogP contribution in [0.25, 0.3) is 0 Å². The molecule has 1 aliphatic heterocycles. The quantitative estimate of drug-likeness (QED) is 0.791. The normalized spacial score (nSPS) is 17.4. The summed E-state index contributed by atoms with van der Waals surface area (Å²) >= 11 is 0. The molecule has 0 N–H and O–H groups in total. The average Bonchev–Trinajstić information content (AvgIpc) is 2.47. The van der Waals surface area contributed by atoms with Gasteiger partial charge in [-0.25, -0.2) is 4.39 Å². The second-order valence-electron chi connectivity index (χ2n) is 5.08. The van der Waals surface area contributed by atoms with Gasteiger partial charge in [-0.05, 0) is 17.7 Å². The second-order valence-corrected chi connectivity index (χ2v) is 5.08. The van der Waals surface area contributed by atoms with Gasteiger partial charge in [-0.3, -0.25) is 9.80 Å². The largest absolute Gasteiger partial charge is 0.494 e. The van der Waals surface area contributed by atoms with Gasteiger partial charge in [-0.15, -0.1) is 0 Å². The van der Waals surface area contributed by atoms with Crippen molar-refractivity contribution in [3.05, 3.63) is 29.6 Å². The molecule has 1 aromatic rings. The van der Waals surface area contributed by atoms with Crippen molar-refractivity contribution in [1.29, 1.82) is 0 Å². The van der Waals surface area contributed by atoms with E-state index in [9.17, 15) is 4.39 Å². The molecule has 112 valence electrons. The Hall–Kier alpha value is -1.17. The molecule has 0 bridgehead atoms. The number of halogens is 1. The van der Waals surface area contributed by atoms with Crippen LogP contribution in [-0.4, -0.2) is 63.4 Å². The Morgan fingerprint density at radius 3 is 2.40 bits per heavy atom. The third-order valence-corrected chi connectivity index (χ3v) is 3.70. The molecule has 0 atom stereocenters. The summed E-state index contributed by atoms with van der Waals surface area (Å²) in [6, 6.07) is 5.19. The zero-order valence-corrected chi connectivity index (χ0v) is 12.3. The predicted molar refractivity (Wildman–Crippen MR) is 76.5 cm³/mol. The summed E-state index contributed by atoms with van der Waals surface area (Å²) in [5.74, 6) is 0.0156. The molecule has 2 rings (SSSR count). The highest BCUT2D eigenvalue weighted by Gasteiger charge is 2.17. The molecule has 1 aliphatic rings. The molecule has 0 saturated carbocycles. The fraction of sp³-hybridized carbons (Fsp3) is 0.600. The monoisotopic (exact) mass is 282 g/mol. The average molecular weight is 282 g/mol. The Bertz CT molecular complexity index is 420. The third-order valence-electron chi connectivity index (χ3n) is 3.70. The smallest absolute Gasteiger partial charge is 0.165 e. The van der Waals surface area contributed by atoms with E-state index in [1.54, 1.807) is 19.2 Å². The highest BCUT2D eigenvalue weighted by atomic mass is 19.1. The van der Waals surface area contributed by atoms with Crippen LogP contribution >= 0.6 is 0 Å². The Labute approximate surface area is 120 Å². The first kappa shape index (κ1) is 15.2. The van der Waals surface area contributed by atoms with Crippen molar-refractivity contribution in [2.75, 3.05) is 53.6 Å². The molecule has 1 heterocycles. The molecule has 0 aliphatic carbocycles. The van der Waals surface area contributed by atoms with E-state index in [0.29, 0.717) is 5.75 Å². The van der Waals surface area contributed by atoms with Gasteiger partial charge in [-0.1, -0.05) is 6.07 Å². The van der Waals surface area contributed by atoms with Crippen LogP contribution in [0.5, 0.6) is 5.75 Å². The predicted octanol–water partition coefficient (Wildman–Crippen LogP) is 1.60. The highest BCUT2D eigenvalue weighted by molar-refractivity contribution is 5.29. The molecule has 1 saturated heterocycles. The number of benzene rings is 1. The number of ether oxygens (including phenoxy) is 2. The molecule has 0 amide bonds. The van der Waals surface area contributed by atoms with E-state index in [-0.39, 0.29) is 5.82 Å². The summed E-state index contributed by atoms with van der Waals surface area (Å²) in [6.07, 6.45) is 0. The maximum Gasteiger partial charge on any atom is 0.165 e. The Balaban J connectivity index is 1.82. The van der Waals surface area contributed by atoms with E-state index in [4.69, 9.17) is 9.47 Å². The molecular weight excluding hydrogens is 259 g/mol. The van der Waals surface area contributed by atoms with Gasteiger partial charge >= 0.3 is 0 Å². The highest BCUT2D eigenvalue weighted by Crippen LogP contribution is 2.19. The number of rotatable bonds is 6. The van der Waals surface area contributed by atoms with E-state index in [2.05, 4.69) is 9.80 Å². The maximum absolute atomic E-state index is 13.6. The Kier molecular flexibility index (Phi) is 5.76. The molecule has 20 heavy (non-hydrogen) atoms. The van der Waals surface area contributed by atoms with Gasteiger partial charge in [0.2, 0.25) is 0 Å². The topological polar surface area (TPSA) is 24.9 Å². The Morgan fingerprint density at radius 2 is 1.80 bits per heavy atom. The summed E-state index contributed by atoms with van der Waals surface area (Å²) in [4.78, 5) is 4.75. The van der Waals surface area contributed by atoms with Crippen molar-refractivity contribution in [2.24, 2.45) is 0 Å². The van der Waals surface area contributed by atoms with Crippen LogP contribution in [0.2, 0.25) is 0 Å². The van der Waals surface area contributed by atoms with Gasteiger partial charge in [-0.2, -0.15) is 0 Å². The van der Waals surface area contributed by atoms with E-state index < -0.39 is 0 Å². The van der Waals surface area contributed by atoms with Crippen LogP contribution < -0.4 is 4.74 Å². The van der Waals surface area contributed by atoms with Gasteiger partial charge in [0.1, 0.15) is 0 Å². The van der Waals surface area contributed by atoms with Crippen LogP contribution in [0.1, 0.15) is 5.56 Å². The summed E-state index contributed by atoms with van der Waals surface area (Å²) in [6.45, 7) is 6.67. The number of methoxy groups -OCH3 is 2. The molecule has 5 heteroatoms. The van der Waals surface area contributed by atoms with E-state index in [1.165, 1.54) is 7.11 Å². The van der Waals surface area contributed by atoms with Gasteiger partial charge in [0.05, 0.1) is 13.7 Å². The van der Waals surface area contributed by atoms with Gasteiger partial charge < -0.3 is 9.47 Å². The Morgan fingerprint density at radius 1 is 1.10 bits per heavy atom. The summed E-state index contributed by atoms with van der Waals surface area (Å²) in [7, 11) is 3.21. The summed E-state index contributed by atoms with van der Waals surface area (Å²) in [5.41, 5.74) is 0.994. The number of hydrogen-bond donors (Lipinski definition) is 0. The van der Waals surface area contributed by atoms with Gasteiger partial charge in [0.15, 0.2) is 11.6 Å². The van der Waals surface area contributed by atoms with Crippen LogP contribution in [0.3, 0.4) is 0 Å². The molecule has 0 aromatic heterocycles. The molecule has 0 unspecified atom stereocenters. The van der Waals surface area contributed by atoms with Crippen LogP contribution in [-0.2, 0) is 11.3 Å². The lowest BCUT2D eigenvalue weighted by atomic mass is 10.2. The molecule has 1 fully saturated rings. The van der Waals surface area contributed by atoms with Crippen molar-refractivity contribution in [3.63, 3.8) is 0 Å². The summed E-state index contributed by atoms with van der Waals surface area (Å²) < 4.78 is 23.7. The second kappa shape index (κ2) is 7.57. The third kappa shape index (κ3) is 4.16. The van der Waals surface area contributed by atoms with Gasteiger partial charge in [0, 0.05) is 46.4 Å². The lowest BCUT2D eigenvalue weighted by Gasteiger charge is -2.34. The van der Waals surface area contributed by atoms with Crippen molar-refractivity contribution in [2.45, 2.75) is 6.54 Å². The zero-order valence-electron chi connectivity index (χ0n) is 12.3. The lowest BCUT2D eigenvalue weighted by Crippen LogP contribution is -2.46. The van der Waals surface area contributed by atoms with Crippen LogP contribution in [0.4, 0.5) is 4.39 Å². The number of nitrogens with zero attached hydrogens (tertiary/aromatic N) is 2. The fourth-order valence-corrected chi connectivity index (χ4v) is 2.46. The van der Waals surface area contributed by atoms with E-state index >= 15 is 0 Å². The van der Waals surface area contributed by atoms with Crippen molar-refractivity contribution >= 4 is 0 Å². The minimum absolute atomic E-state index is 0.288. The summed E-state index contributed by atoms with van der Waals surface area (Å²) in [5, 5.41) is 0. The van der Waals surface area contributed by atoms with Crippen LogP contribution in [0, 0.1) is 5.82 Å². The standard InChI is InChI=1S/C15H23FN2O2/c1-19-10-9-17-5-7-18(8-6-17)12-13-3-4-15(20-2)14(16)11-13/h3-4,11H,5-10,12H2,1-2H3. The van der Waals surface area contributed by atoms with Crippen molar-refractivity contribution in [3.8, 4) is 5.75 Å². The first-order chi connectivity index (χ1) is 9.72. The number of piperazine rings is 1. The SMILES string of the molecule is COCCN1CCN(Cc2ccc(OC)c(F)c2)CC1. The zero-order chi connectivity index (χ0) is 14.4. The van der Waals surface area contributed by atoms with E-state index in [1.807, 2.05) is 6.07 Å². The number of hydrogen-bond acceptors (Lipinski definition) is 4. The molecule has 1 aromatic carbocycles. The first-order valence-electron chi connectivity index (χ1n) is 6.99. The fourth-order valence-electron chi connectivity index (χ4n) is 2.46. The molecule has 4 nitrogen and oxygen atoms in total. The van der Waals surface area contributed by atoms with Gasteiger partial charge in [0.25, 0.3) is 0 Å². The first-order valence-corrected chi connectivity index (χ1v) is 6.99. The molecular formula is C15H23FN2O2. The van der Waals surface area contributed by atoms with Crippen molar-refractivity contribution in [1.82, 2.24) is 9.80 Å². The molecule has 0 spiro atoms. The maximum atomic E-state index is 13.6.